The fourth-order valence-electron chi connectivity index (χ4n) is 5.27. The van der Waals surface area contributed by atoms with Crippen molar-refractivity contribution in [1.29, 1.82) is 0 Å². The van der Waals surface area contributed by atoms with Crippen molar-refractivity contribution in [3.63, 3.8) is 0 Å². The number of aliphatic imine (C=N–C) groups is 1. The summed E-state index contributed by atoms with van der Waals surface area (Å²) in [5.74, 6) is 1.11. The molecule has 0 spiro atoms. The Bertz CT molecular complexity index is 1100. The number of nitrogens with two attached hydrogens (primary N) is 1. The summed E-state index contributed by atoms with van der Waals surface area (Å²) < 4.78 is 0. The van der Waals surface area contributed by atoms with Crippen molar-refractivity contribution in [2.75, 3.05) is 27.2 Å². The number of fused-ring (bicyclic) bond motifs is 1. The smallest absolute Gasteiger partial charge is 0.251 e. The van der Waals surface area contributed by atoms with Crippen LogP contribution in [0.25, 0.3) is 5.32 Å². The minimum Gasteiger partial charge on any atom is -0.469 e. The SMILES string of the molecule is C=C(/N=C\C=C/C)[N-]C.C=CNCC([NH+]=C(N)CC)C1(C)C(O)C(NC(=O)c2cccc3c2CCCC3)CN1C.CC.[W]. The number of allylic oxidation sites excluding steroid dienone is 2. The number of rotatable bonds is 11. The van der Waals surface area contributed by atoms with Crippen LogP contribution in [0.5, 0.6) is 0 Å². The second-order valence-corrected chi connectivity index (χ2v) is 10.4. The number of nitrogens with one attached hydrogen (secondary N) is 3. The monoisotopic (exact) mass is 765 g/mol. The van der Waals surface area contributed by atoms with E-state index in [0.29, 0.717) is 31.2 Å². The number of aryl methyl sites for hydroxylation is 1. The number of amidine groups is 1. The van der Waals surface area contributed by atoms with Gasteiger partial charge in [-0.25, -0.2) is 0 Å². The number of hydrogen-bond acceptors (Lipinski definition) is 5. The molecule has 4 unspecified atom stereocenters. The van der Waals surface area contributed by atoms with Gasteiger partial charge in [-0.2, -0.15) is 0 Å². The number of aliphatic hydroxyl groups is 1. The molecule has 240 valence electrons. The van der Waals surface area contributed by atoms with Crippen molar-refractivity contribution in [2.45, 2.75) is 90.4 Å². The first kappa shape index (κ1) is 40.3. The Kier molecular flexibility index (Phi) is 19.7. The topological polar surface area (TPSA) is 131 Å². The Labute approximate surface area is 274 Å². The number of likely N-dealkylation sites (N-methyl/N-ethyl adjacent to an activating group) is 1. The maximum absolute atomic E-state index is 13.2. The molecule has 0 aromatic heterocycles. The number of hydrogen-bond donors (Lipinski definition) is 5. The third-order valence-corrected chi connectivity index (χ3v) is 7.90. The van der Waals surface area contributed by atoms with Gasteiger partial charge >= 0.3 is 0 Å². The molecule has 1 fully saturated rings. The standard InChI is InChI=1S/C24H37N5O2.C7H11N2.C2H6.W/c1-5-21(25)28-20(14-26-6-2)24(3)22(30)19(15-29(24)4)27-23(31)18-13-9-11-16-10-7-8-12-17(16)18;1-4-5-6-9-7(2)8-3;1-2;/h6,9,11,13,19-20,22,26,30H,2,5,7-8,10,12,14-15H2,1,3-4H3,(H2,25,28)(H,27,31);4-6H,2H2,1,3H3;1-2H3;/q;-1;;/p+1/b;5-4-,9-6-;;. The summed E-state index contributed by atoms with van der Waals surface area (Å²) in [5, 5.41) is 21.4. The number of carbonyl (C=O) groups is 1. The minimum atomic E-state index is -0.769. The molecule has 1 aliphatic carbocycles. The van der Waals surface area contributed by atoms with Crippen LogP contribution in [-0.2, 0) is 33.9 Å². The molecule has 3 rings (SSSR count). The van der Waals surface area contributed by atoms with E-state index in [0.717, 1.165) is 30.4 Å². The maximum Gasteiger partial charge on any atom is 0.251 e. The van der Waals surface area contributed by atoms with E-state index in [-0.39, 0.29) is 39.1 Å². The molecule has 1 aromatic rings. The van der Waals surface area contributed by atoms with Crippen molar-refractivity contribution >= 4 is 18.0 Å². The van der Waals surface area contributed by atoms with E-state index in [2.05, 4.69) is 50.1 Å². The van der Waals surface area contributed by atoms with Crippen molar-refractivity contribution in [3.8, 4) is 0 Å². The van der Waals surface area contributed by atoms with E-state index < -0.39 is 11.6 Å². The van der Waals surface area contributed by atoms with Crippen LogP contribution in [0.1, 0.15) is 75.4 Å². The molecule has 1 saturated heterocycles. The van der Waals surface area contributed by atoms with Gasteiger partial charge in [0.05, 0.1) is 24.2 Å². The largest absolute Gasteiger partial charge is 0.469 e. The summed E-state index contributed by atoms with van der Waals surface area (Å²) in [6, 6.07) is 5.44. The third kappa shape index (κ3) is 11.4. The molecule has 1 aromatic carbocycles. The fraction of sp³-hybridized carbons (Fsp3) is 0.545. The summed E-state index contributed by atoms with van der Waals surface area (Å²) in [4.78, 5) is 22.5. The Morgan fingerprint density at radius 1 is 1.35 bits per heavy atom. The van der Waals surface area contributed by atoms with Gasteiger partial charge in [0.2, 0.25) is 5.84 Å². The van der Waals surface area contributed by atoms with Crippen LogP contribution in [0.3, 0.4) is 0 Å². The average molecular weight is 766 g/mol. The van der Waals surface area contributed by atoms with Crippen LogP contribution < -0.4 is 21.4 Å². The number of carbonyl (C=O) groups excluding carboxylic acids is 1. The molecule has 1 aliphatic heterocycles. The first-order valence-electron chi connectivity index (χ1n) is 15.1. The van der Waals surface area contributed by atoms with Gasteiger partial charge in [-0.3, -0.25) is 20.4 Å². The first-order valence-corrected chi connectivity index (χ1v) is 15.1. The van der Waals surface area contributed by atoms with E-state index >= 15 is 0 Å². The molecule has 10 heteroatoms. The summed E-state index contributed by atoms with van der Waals surface area (Å²) in [5.41, 5.74) is 8.65. The Hall–Kier alpha value is -2.74. The van der Waals surface area contributed by atoms with Gasteiger partial charge in [0, 0.05) is 39.6 Å². The van der Waals surface area contributed by atoms with E-state index in [1.165, 1.54) is 12.0 Å². The normalized spacial score (nSPS) is 22.2. The van der Waals surface area contributed by atoms with Gasteiger partial charge in [-0.15, -0.1) is 6.58 Å². The van der Waals surface area contributed by atoms with Crippen molar-refractivity contribution in [3.05, 3.63) is 77.5 Å². The second-order valence-electron chi connectivity index (χ2n) is 10.4. The summed E-state index contributed by atoms with van der Waals surface area (Å²) in [6.45, 7) is 18.3. The molecule has 9 nitrogen and oxygen atoms in total. The van der Waals surface area contributed by atoms with Crippen LogP contribution in [0, 0.1) is 0 Å². The van der Waals surface area contributed by atoms with Gasteiger partial charge in [0.25, 0.3) is 5.91 Å². The van der Waals surface area contributed by atoms with E-state index in [1.807, 2.05) is 66.0 Å². The molecule has 43 heavy (non-hydrogen) atoms. The average Bonchev–Trinajstić information content (AvgIpc) is 3.23. The fourth-order valence-corrected chi connectivity index (χ4v) is 5.27. The molecule has 0 bridgehead atoms. The molecule has 1 amide bonds. The predicted molar refractivity (Wildman–Crippen MR) is 177 cm³/mol. The van der Waals surface area contributed by atoms with E-state index in [1.54, 1.807) is 19.5 Å². The van der Waals surface area contributed by atoms with Crippen LogP contribution >= 0.6 is 0 Å². The molecular formula is C33H55N7O2W. The second kappa shape index (κ2) is 21.0. The summed E-state index contributed by atoms with van der Waals surface area (Å²) >= 11 is 0. The zero-order valence-corrected chi connectivity index (χ0v) is 30.3. The van der Waals surface area contributed by atoms with Gasteiger partial charge in [0.1, 0.15) is 6.04 Å². The first-order chi connectivity index (χ1) is 20.1. The maximum atomic E-state index is 13.2. The molecular weight excluding hydrogens is 710 g/mol. The van der Waals surface area contributed by atoms with E-state index in [9.17, 15) is 9.90 Å². The van der Waals surface area contributed by atoms with Gasteiger partial charge < -0.3 is 26.0 Å². The minimum absolute atomic E-state index is 0. The van der Waals surface area contributed by atoms with Crippen molar-refractivity contribution in [2.24, 2.45) is 10.7 Å². The van der Waals surface area contributed by atoms with Gasteiger partial charge in [-0.05, 0) is 70.0 Å². The zero-order valence-electron chi connectivity index (χ0n) is 27.3. The van der Waals surface area contributed by atoms with Crippen LogP contribution in [0.15, 0.2) is 60.5 Å². The van der Waals surface area contributed by atoms with Crippen LogP contribution in [0.2, 0.25) is 0 Å². The Balaban J connectivity index is 0.00000126. The zero-order chi connectivity index (χ0) is 31.7. The number of nitrogens with zero attached hydrogens (tertiary/aromatic N) is 3. The molecule has 4 atom stereocenters. The third-order valence-electron chi connectivity index (χ3n) is 7.90. The quantitative estimate of drug-likeness (QED) is 0.175. The number of benzene rings is 1. The molecule has 0 radical (unpaired) electrons. The number of likely N-dealkylation sites (tertiary alicyclic amines) is 1. The number of amides is 1. The van der Waals surface area contributed by atoms with Gasteiger partial charge in [0.15, 0.2) is 0 Å². The van der Waals surface area contributed by atoms with Crippen LogP contribution in [0.4, 0.5) is 0 Å². The van der Waals surface area contributed by atoms with Gasteiger partial charge in [-0.1, -0.05) is 70.7 Å². The molecule has 6 N–H and O–H groups in total. The van der Waals surface area contributed by atoms with Crippen LogP contribution in [-0.4, -0.2) is 78.9 Å². The van der Waals surface area contributed by atoms with Crippen molar-refractivity contribution in [1.82, 2.24) is 15.5 Å². The Morgan fingerprint density at radius 2 is 2.02 bits per heavy atom. The molecule has 2 aliphatic rings. The summed E-state index contributed by atoms with van der Waals surface area (Å²) in [6.07, 6.45) is 11.2. The molecule has 1 heterocycles. The summed E-state index contributed by atoms with van der Waals surface area (Å²) in [7, 11) is 3.64. The number of aliphatic hydroxyl groups excluding tert-OH is 1. The Morgan fingerprint density at radius 3 is 2.63 bits per heavy atom. The van der Waals surface area contributed by atoms with Crippen molar-refractivity contribution < 1.29 is 36.0 Å². The predicted octanol–water partition coefficient (Wildman–Crippen LogP) is 2.81. The molecule has 0 saturated carbocycles. The van der Waals surface area contributed by atoms with E-state index in [4.69, 9.17) is 5.73 Å².